The van der Waals surface area contributed by atoms with Gasteiger partial charge in [-0.15, -0.1) is 0 Å². The fourth-order valence-electron chi connectivity index (χ4n) is 3.41. The Morgan fingerprint density at radius 1 is 1.00 bits per heavy atom. The summed E-state index contributed by atoms with van der Waals surface area (Å²) < 4.78 is 9.48. The molecule has 152 valence electrons. The van der Waals surface area contributed by atoms with Gasteiger partial charge < -0.3 is 19.3 Å². The number of amides is 1. The molecule has 29 heavy (non-hydrogen) atoms. The molecule has 0 radical (unpaired) electrons. The summed E-state index contributed by atoms with van der Waals surface area (Å²) in [5.74, 6) is -1.25. The summed E-state index contributed by atoms with van der Waals surface area (Å²) in [7, 11) is 2.62. The molecule has 8 heteroatoms. The minimum absolute atomic E-state index is 0.0935. The van der Waals surface area contributed by atoms with Crippen molar-refractivity contribution < 1.29 is 23.9 Å². The van der Waals surface area contributed by atoms with Crippen LogP contribution in [0, 0.1) is 0 Å². The molecule has 1 atom stereocenters. The van der Waals surface area contributed by atoms with Crippen LogP contribution in [0.4, 0.5) is 5.69 Å². The summed E-state index contributed by atoms with van der Waals surface area (Å²) in [5.41, 5.74) is 1.71. The zero-order valence-electron chi connectivity index (χ0n) is 16.6. The number of piperazine rings is 1. The fraction of sp³-hybridized carbons (Fsp3) is 0.333. The number of carbonyl (C=O) groups is 3. The lowest BCUT2D eigenvalue weighted by molar-refractivity contribution is 0.0577. The predicted octanol–water partition coefficient (Wildman–Crippen LogP) is 2.01. The molecule has 0 bridgehead atoms. The first-order chi connectivity index (χ1) is 14.0. The van der Waals surface area contributed by atoms with Crippen LogP contribution in [-0.2, 0) is 9.47 Å². The van der Waals surface area contributed by atoms with E-state index in [-0.39, 0.29) is 29.2 Å². The van der Waals surface area contributed by atoms with Gasteiger partial charge in [0.25, 0.3) is 5.91 Å². The fourth-order valence-corrected chi connectivity index (χ4v) is 3.41. The van der Waals surface area contributed by atoms with E-state index in [0.29, 0.717) is 25.2 Å². The van der Waals surface area contributed by atoms with Crippen molar-refractivity contribution in [2.75, 3.05) is 38.8 Å². The molecule has 1 aliphatic heterocycles. The molecule has 1 fully saturated rings. The quantitative estimate of drug-likeness (QED) is 0.729. The number of pyridine rings is 1. The lowest BCUT2D eigenvalue weighted by Gasteiger charge is -2.41. The van der Waals surface area contributed by atoms with Gasteiger partial charge in [0.15, 0.2) is 0 Å². The highest BCUT2D eigenvalue weighted by Crippen LogP contribution is 2.22. The Morgan fingerprint density at radius 3 is 2.31 bits per heavy atom. The van der Waals surface area contributed by atoms with E-state index in [0.717, 1.165) is 5.69 Å². The van der Waals surface area contributed by atoms with E-state index < -0.39 is 5.97 Å². The highest BCUT2D eigenvalue weighted by molar-refractivity contribution is 6.04. The Bertz CT molecular complexity index is 913. The second-order valence-electron chi connectivity index (χ2n) is 6.72. The van der Waals surface area contributed by atoms with E-state index in [4.69, 9.17) is 9.47 Å². The van der Waals surface area contributed by atoms with Crippen LogP contribution >= 0.6 is 0 Å². The van der Waals surface area contributed by atoms with Gasteiger partial charge in [-0.1, -0.05) is 0 Å². The van der Waals surface area contributed by atoms with Crippen molar-refractivity contribution in [1.82, 2.24) is 9.88 Å². The number of nitrogens with zero attached hydrogens (tertiary/aromatic N) is 3. The number of anilines is 1. The van der Waals surface area contributed by atoms with E-state index >= 15 is 0 Å². The van der Waals surface area contributed by atoms with Crippen molar-refractivity contribution in [3.63, 3.8) is 0 Å². The maximum atomic E-state index is 13.0. The Balaban J connectivity index is 1.73. The van der Waals surface area contributed by atoms with Gasteiger partial charge in [0.05, 0.1) is 25.3 Å². The first kappa shape index (κ1) is 20.3. The molecule has 1 saturated heterocycles. The molecule has 1 aliphatic rings. The van der Waals surface area contributed by atoms with Crippen molar-refractivity contribution in [3.05, 3.63) is 59.4 Å². The summed E-state index contributed by atoms with van der Waals surface area (Å²) in [4.78, 5) is 44.6. The van der Waals surface area contributed by atoms with Crippen molar-refractivity contribution in [3.8, 4) is 0 Å². The normalized spacial score (nSPS) is 16.3. The second-order valence-corrected chi connectivity index (χ2v) is 6.72. The van der Waals surface area contributed by atoms with Crippen LogP contribution < -0.4 is 4.90 Å². The summed E-state index contributed by atoms with van der Waals surface area (Å²) in [6.07, 6.45) is 1.49. The van der Waals surface area contributed by atoms with Crippen LogP contribution in [0.1, 0.15) is 38.1 Å². The third-order valence-corrected chi connectivity index (χ3v) is 4.96. The third kappa shape index (κ3) is 4.21. The molecule has 1 aromatic heterocycles. The van der Waals surface area contributed by atoms with Crippen molar-refractivity contribution >= 4 is 23.5 Å². The van der Waals surface area contributed by atoms with Crippen LogP contribution in [-0.4, -0.2) is 67.6 Å². The number of carbonyl (C=O) groups excluding carboxylic acids is 3. The molecule has 2 heterocycles. The first-order valence-electron chi connectivity index (χ1n) is 9.24. The Hall–Kier alpha value is -3.42. The zero-order valence-corrected chi connectivity index (χ0v) is 16.6. The van der Waals surface area contributed by atoms with Crippen LogP contribution in [0.25, 0.3) is 0 Å². The molecule has 0 aliphatic carbocycles. The van der Waals surface area contributed by atoms with Crippen LogP contribution in [0.2, 0.25) is 0 Å². The number of methoxy groups -OCH3 is 2. The highest BCUT2D eigenvalue weighted by atomic mass is 16.5. The van der Waals surface area contributed by atoms with E-state index in [2.05, 4.69) is 9.88 Å². The lowest BCUT2D eigenvalue weighted by Crippen LogP contribution is -2.54. The Labute approximate surface area is 169 Å². The average Bonchev–Trinajstić information content (AvgIpc) is 2.77. The van der Waals surface area contributed by atoms with Crippen molar-refractivity contribution in [2.24, 2.45) is 0 Å². The lowest BCUT2D eigenvalue weighted by atomic mass is 10.1. The molecule has 2 aromatic rings. The standard InChI is InChI=1S/C21H23N3O5/c1-14-13-23(16-8-6-15(7-9-16)20(26)28-2)11-12-24(14)19(25)18-17(21(27)29-3)5-4-10-22-18/h4-10,14H,11-13H2,1-3H3/t14-/m1/s1. The van der Waals surface area contributed by atoms with Crippen molar-refractivity contribution in [1.29, 1.82) is 0 Å². The maximum Gasteiger partial charge on any atom is 0.340 e. The first-order valence-corrected chi connectivity index (χ1v) is 9.24. The number of ether oxygens (including phenoxy) is 2. The molecule has 0 saturated carbocycles. The number of hydrogen-bond acceptors (Lipinski definition) is 7. The van der Waals surface area contributed by atoms with E-state index in [9.17, 15) is 14.4 Å². The van der Waals surface area contributed by atoms with Gasteiger partial charge in [0.2, 0.25) is 0 Å². The minimum Gasteiger partial charge on any atom is -0.465 e. The largest absolute Gasteiger partial charge is 0.465 e. The molecule has 8 nitrogen and oxygen atoms in total. The van der Waals surface area contributed by atoms with E-state index in [1.165, 1.54) is 26.5 Å². The molecule has 3 rings (SSSR count). The number of benzene rings is 1. The van der Waals surface area contributed by atoms with Gasteiger partial charge in [0.1, 0.15) is 5.69 Å². The van der Waals surface area contributed by atoms with Gasteiger partial charge in [-0.3, -0.25) is 9.78 Å². The SMILES string of the molecule is COC(=O)c1ccc(N2CCN(C(=O)c3ncccc3C(=O)OC)[C@H](C)C2)cc1. The molecule has 1 amide bonds. The van der Waals surface area contributed by atoms with Gasteiger partial charge in [-0.05, 0) is 43.3 Å². The number of hydrogen-bond donors (Lipinski definition) is 0. The van der Waals surface area contributed by atoms with Crippen LogP contribution in [0.5, 0.6) is 0 Å². The highest BCUT2D eigenvalue weighted by Gasteiger charge is 2.31. The maximum absolute atomic E-state index is 13.0. The Morgan fingerprint density at radius 2 is 1.69 bits per heavy atom. The number of esters is 2. The van der Waals surface area contributed by atoms with Gasteiger partial charge >= 0.3 is 11.9 Å². The predicted molar refractivity (Wildman–Crippen MR) is 106 cm³/mol. The average molecular weight is 397 g/mol. The third-order valence-electron chi connectivity index (χ3n) is 4.96. The van der Waals surface area contributed by atoms with Crippen LogP contribution in [0.15, 0.2) is 42.6 Å². The smallest absolute Gasteiger partial charge is 0.340 e. The molecule has 0 N–H and O–H groups in total. The Kier molecular flexibility index (Phi) is 6.11. The molecule has 0 unspecified atom stereocenters. The monoisotopic (exact) mass is 397 g/mol. The van der Waals surface area contributed by atoms with Gasteiger partial charge in [-0.2, -0.15) is 0 Å². The van der Waals surface area contributed by atoms with Crippen LogP contribution in [0.3, 0.4) is 0 Å². The van der Waals surface area contributed by atoms with Crippen molar-refractivity contribution in [2.45, 2.75) is 13.0 Å². The number of rotatable bonds is 4. The topological polar surface area (TPSA) is 89.0 Å². The summed E-state index contributed by atoms with van der Waals surface area (Å²) in [6, 6.07) is 10.2. The number of aromatic nitrogens is 1. The van der Waals surface area contributed by atoms with Gasteiger partial charge in [0, 0.05) is 37.6 Å². The summed E-state index contributed by atoms with van der Waals surface area (Å²) in [6.45, 7) is 3.67. The molecule has 0 spiro atoms. The molecular weight excluding hydrogens is 374 g/mol. The molecule has 1 aromatic carbocycles. The second kappa shape index (κ2) is 8.72. The van der Waals surface area contributed by atoms with E-state index in [1.54, 1.807) is 23.1 Å². The minimum atomic E-state index is -0.585. The zero-order chi connectivity index (χ0) is 21.0. The van der Waals surface area contributed by atoms with Gasteiger partial charge in [-0.25, -0.2) is 9.59 Å². The van der Waals surface area contributed by atoms with E-state index in [1.807, 2.05) is 19.1 Å². The molecular formula is C21H23N3O5. The summed E-state index contributed by atoms with van der Waals surface area (Å²) >= 11 is 0. The summed E-state index contributed by atoms with van der Waals surface area (Å²) in [5, 5.41) is 0.